The van der Waals surface area contributed by atoms with Crippen LogP contribution in [0.3, 0.4) is 0 Å². The van der Waals surface area contributed by atoms with Crippen LogP contribution in [-0.2, 0) is 16.1 Å². The molecule has 0 fully saturated rings. The normalized spacial score (nSPS) is 16.3. The molecule has 1 atom stereocenters. The van der Waals surface area contributed by atoms with Crippen LogP contribution in [0.5, 0.6) is 0 Å². The Morgan fingerprint density at radius 1 is 1.12 bits per heavy atom. The second kappa shape index (κ2) is 7.74. The fraction of sp³-hybridized carbons (Fsp3) is 0.300. The average molecular weight is 354 g/mol. The molecule has 0 saturated heterocycles. The quantitative estimate of drug-likeness (QED) is 0.885. The molecule has 1 aliphatic rings. The molecule has 130 valence electrons. The first-order valence-corrected chi connectivity index (χ1v) is 9.32. The summed E-state index contributed by atoms with van der Waals surface area (Å²) in [6.07, 6.45) is 0.204. The Kier molecular flexibility index (Phi) is 5.43. The summed E-state index contributed by atoms with van der Waals surface area (Å²) in [5.41, 5.74) is 1.92. The van der Waals surface area contributed by atoms with Crippen molar-refractivity contribution in [3.05, 3.63) is 60.2 Å². The Balaban J connectivity index is 1.70. The minimum Gasteiger partial charge on any atom is -0.336 e. The molecule has 4 nitrogen and oxygen atoms in total. The summed E-state index contributed by atoms with van der Waals surface area (Å²) in [6, 6.07) is 17.7. The maximum atomic E-state index is 12.8. The molecule has 0 unspecified atom stereocenters. The minimum atomic E-state index is -0.389. The van der Waals surface area contributed by atoms with Crippen LogP contribution in [0.25, 0.3) is 0 Å². The van der Waals surface area contributed by atoms with Crippen molar-refractivity contribution in [3.63, 3.8) is 0 Å². The molecule has 5 heteroatoms. The standard InChI is InChI=1S/C20H22N2O2S/c1-14(2)22(13-15-8-4-3-5-9-15)19(23)12-18-20(24)21-16-10-6-7-11-17(16)25-18/h3-11,14,18H,12-13H2,1-2H3,(H,21,24)/t18-/m1/s1. The number of thioether (sulfide) groups is 1. The summed E-state index contributed by atoms with van der Waals surface area (Å²) in [7, 11) is 0. The summed E-state index contributed by atoms with van der Waals surface area (Å²) in [5.74, 6) is -0.0913. The van der Waals surface area contributed by atoms with E-state index in [1.165, 1.54) is 11.8 Å². The monoisotopic (exact) mass is 354 g/mol. The molecule has 2 aromatic carbocycles. The van der Waals surface area contributed by atoms with Gasteiger partial charge in [-0.1, -0.05) is 42.5 Å². The van der Waals surface area contributed by atoms with Crippen molar-refractivity contribution in [1.29, 1.82) is 0 Å². The molecule has 1 aliphatic heterocycles. The molecule has 25 heavy (non-hydrogen) atoms. The lowest BCUT2D eigenvalue weighted by Gasteiger charge is -2.30. The van der Waals surface area contributed by atoms with Crippen molar-refractivity contribution in [1.82, 2.24) is 4.90 Å². The lowest BCUT2D eigenvalue weighted by Crippen LogP contribution is -2.40. The highest BCUT2D eigenvalue weighted by atomic mass is 32.2. The highest BCUT2D eigenvalue weighted by Gasteiger charge is 2.31. The van der Waals surface area contributed by atoms with Crippen LogP contribution in [0.4, 0.5) is 5.69 Å². The van der Waals surface area contributed by atoms with Gasteiger partial charge in [-0.3, -0.25) is 9.59 Å². The van der Waals surface area contributed by atoms with Gasteiger partial charge < -0.3 is 10.2 Å². The van der Waals surface area contributed by atoms with E-state index >= 15 is 0 Å². The van der Waals surface area contributed by atoms with Gasteiger partial charge in [-0.25, -0.2) is 0 Å². The van der Waals surface area contributed by atoms with Crippen molar-refractivity contribution in [3.8, 4) is 0 Å². The second-order valence-corrected chi connectivity index (χ2v) is 7.64. The summed E-state index contributed by atoms with van der Waals surface area (Å²) in [6.45, 7) is 4.57. The molecule has 0 spiro atoms. The number of nitrogens with one attached hydrogen (secondary N) is 1. The van der Waals surface area contributed by atoms with Crippen molar-refractivity contribution < 1.29 is 9.59 Å². The Hall–Kier alpha value is -2.27. The van der Waals surface area contributed by atoms with Crippen LogP contribution in [0, 0.1) is 0 Å². The summed E-state index contributed by atoms with van der Waals surface area (Å²) in [4.78, 5) is 28.0. The third-order valence-electron chi connectivity index (χ3n) is 4.21. The molecular weight excluding hydrogens is 332 g/mol. The van der Waals surface area contributed by atoms with Gasteiger partial charge in [0.05, 0.1) is 10.9 Å². The number of nitrogens with zero attached hydrogens (tertiary/aromatic N) is 1. The van der Waals surface area contributed by atoms with E-state index in [4.69, 9.17) is 0 Å². The summed E-state index contributed by atoms with van der Waals surface area (Å²) in [5, 5.41) is 2.51. The first-order chi connectivity index (χ1) is 12.0. The number of fused-ring (bicyclic) bond motifs is 1. The lowest BCUT2D eigenvalue weighted by atomic mass is 10.1. The van der Waals surface area contributed by atoms with Crippen molar-refractivity contribution in [2.75, 3.05) is 5.32 Å². The highest BCUT2D eigenvalue weighted by Crippen LogP contribution is 2.36. The van der Waals surface area contributed by atoms with Crippen LogP contribution >= 0.6 is 11.8 Å². The van der Waals surface area contributed by atoms with E-state index in [2.05, 4.69) is 5.32 Å². The first-order valence-electron chi connectivity index (χ1n) is 8.44. The number of carbonyl (C=O) groups excluding carboxylic acids is 2. The maximum absolute atomic E-state index is 12.8. The van der Waals surface area contributed by atoms with Crippen LogP contribution in [0.15, 0.2) is 59.5 Å². The third kappa shape index (κ3) is 4.23. The largest absolute Gasteiger partial charge is 0.336 e. The van der Waals surface area contributed by atoms with Crippen LogP contribution in [0.2, 0.25) is 0 Å². The minimum absolute atomic E-state index is 0.00545. The third-order valence-corrected chi connectivity index (χ3v) is 5.48. The molecule has 2 amide bonds. The fourth-order valence-corrected chi connectivity index (χ4v) is 3.94. The Morgan fingerprint density at radius 2 is 1.80 bits per heavy atom. The zero-order valence-electron chi connectivity index (χ0n) is 14.4. The van der Waals surface area contributed by atoms with Gasteiger partial charge in [0.25, 0.3) is 0 Å². The van der Waals surface area contributed by atoms with Gasteiger partial charge in [-0.05, 0) is 31.5 Å². The molecule has 1 N–H and O–H groups in total. The predicted molar refractivity (Wildman–Crippen MR) is 101 cm³/mol. The van der Waals surface area contributed by atoms with E-state index in [0.717, 1.165) is 16.1 Å². The molecule has 0 bridgehead atoms. The van der Waals surface area contributed by atoms with E-state index in [1.807, 2.05) is 73.3 Å². The highest BCUT2D eigenvalue weighted by molar-refractivity contribution is 8.01. The molecular formula is C20H22N2O2S. The molecule has 0 aliphatic carbocycles. The first kappa shape index (κ1) is 17.5. The van der Waals surface area contributed by atoms with Gasteiger partial charge in [-0.15, -0.1) is 11.8 Å². The van der Waals surface area contributed by atoms with E-state index in [9.17, 15) is 9.59 Å². The maximum Gasteiger partial charge on any atom is 0.238 e. The molecule has 3 rings (SSSR count). The topological polar surface area (TPSA) is 49.4 Å². The molecule has 0 saturated carbocycles. The van der Waals surface area contributed by atoms with Gasteiger partial charge >= 0.3 is 0 Å². The van der Waals surface area contributed by atoms with Gasteiger partial charge in [-0.2, -0.15) is 0 Å². The molecule has 2 aromatic rings. The van der Waals surface area contributed by atoms with Crippen LogP contribution in [-0.4, -0.2) is 28.0 Å². The number of hydrogen-bond acceptors (Lipinski definition) is 3. The zero-order valence-corrected chi connectivity index (χ0v) is 15.3. The molecule has 1 heterocycles. The summed E-state index contributed by atoms with van der Waals surface area (Å²) < 4.78 is 0. The van der Waals surface area contributed by atoms with E-state index < -0.39 is 0 Å². The Bertz CT molecular complexity index is 761. The number of rotatable bonds is 5. The van der Waals surface area contributed by atoms with Crippen LogP contribution in [0.1, 0.15) is 25.8 Å². The van der Waals surface area contributed by atoms with E-state index in [0.29, 0.717) is 6.54 Å². The van der Waals surface area contributed by atoms with Crippen molar-refractivity contribution in [2.24, 2.45) is 0 Å². The number of para-hydroxylation sites is 1. The smallest absolute Gasteiger partial charge is 0.238 e. The Morgan fingerprint density at radius 3 is 2.52 bits per heavy atom. The lowest BCUT2D eigenvalue weighted by molar-refractivity contribution is -0.134. The van der Waals surface area contributed by atoms with Gasteiger partial charge in [0.2, 0.25) is 11.8 Å². The fourth-order valence-electron chi connectivity index (χ4n) is 2.84. The Labute approximate surface area is 152 Å². The van der Waals surface area contributed by atoms with Gasteiger partial charge in [0.15, 0.2) is 0 Å². The number of anilines is 1. The van der Waals surface area contributed by atoms with Gasteiger partial charge in [0.1, 0.15) is 0 Å². The average Bonchev–Trinajstić information content (AvgIpc) is 2.61. The van der Waals surface area contributed by atoms with Crippen molar-refractivity contribution in [2.45, 2.75) is 43.0 Å². The number of carbonyl (C=O) groups is 2. The number of hydrogen-bond donors (Lipinski definition) is 1. The predicted octanol–water partition coefficient (Wildman–Crippen LogP) is 3.93. The van der Waals surface area contributed by atoms with E-state index in [1.54, 1.807) is 0 Å². The van der Waals surface area contributed by atoms with E-state index in [-0.39, 0.29) is 29.5 Å². The molecule has 0 radical (unpaired) electrons. The summed E-state index contributed by atoms with van der Waals surface area (Å²) >= 11 is 1.47. The SMILES string of the molecule is CC(C)N(Cc1ccccc1)C(=O)C[C@H]1Sc2ccccc2NC1=O. The number of amides is 2. The second-order valence-electron chi connectivity index (χ2n) is 6.40. The van der Waals surface area contributed by atoms with Crippen molar-refractivity contribution >= 4 is 29.3 Å². The van der Waals surface area contributed by atoms with Gasteiger partial charge in [0, 0.05) is 23.9 Å². The van der Waals surface area contributed by atoms with Crippen LogP contribution < -0.4 is 5.32 Å². The molecule has 0 aromatic heterocycles. The number of benzene rings is 2. The zero-order chi connectivity index (χ0) is 17.8.